The van der Waals surface area contributed by atoms with Crippen LogP contribution in [-0.4, -0.2) is 50.5 Å². The lowest BCUT2D eigenvalue weighted by Crippen LogP contribution is -2.36. The van der Waals surface area contributed by atoms with Crippen LogP contribution in [-0.2, 0) is 10.0 Å². The third-order valence-electron chi connectivity index (χ3n) is 3.71. The lowest BCUT2D eigenvalue weighted by atomic mass is 10.2. The van der Waals surface area contributed by atoms with E-state index in [0.717, 1.165) is 30.7 Å². The molecule has 0 aromatic carbocycles. The van der Waals surface area contributed by atoms with Crippen LogP contribution in [0.15, 0.2) is 11.2 Å². The summed E-state index contributed by atoms with van der Waals surface area (Å²) in [5, 5.41) is 8.66. The van der Waals surface area contributed by atoms with Gasteiger partial charge in [0.25, 0.3) is 5.78 Å². The number of fused-ring (bicyclic) bond motifs is 1. The Bertz CT molecular complexity index is 781. The summed E-state index contributed by atoms with van der Waals surface area (Å²) in [5.41, 5.74) is 1.82. The van der Waals surface area contributed by atoms with Gasteiger partial charge in [-0.15, -0.1) is 10.2 Å². The van der Waals surface area contributed by atoms with Gasteiger partial charge in [0.15, 0.2) is 5.16 Å². The Kier molecular flexibility index (Phi) is 4.37. The Balaban J connectivity index is 1.79. The van der Waals surface area contributed by atoms with Crippen LogP contribution >= 0.6 is 11.8 Å². The first-order valence-corrected chi connectivity index (χ1v) is 9.87. The van der Waals surface area contributed by atoms with Crippen LogP contribution in [0.2, 0.25) is 0 Å². The number of thioether (sulfide) groups is 1. The maximum atomic E-state index is 12.4. The predicted molar refractivity (Wildman–Crippen MR) is 85.3 cm³/mol. The molecule has 0 atom stereocenters. The van der Waals surface area contributed by atoms with E-state index in [1.54, 1.807) is 8.71 Å². The molecule has 1 saturated heterocycles. The Labute approximate surface area is 134 Å². The molecule has 2 aromatic rings. The second-order valence-electron chi connectivity index (χ2n) is 5.49. The minimum atomic E-state index is -3.25. The third kappa shape index (κ3) is 3.11. The van der Waals surface area contributed by atoms with E-state index in [-0.39, 0.29) is 5.08 Å². The van der Waals surface area contributed by atoms with E-state index in [0.29, 0.717) is 24.0 Å². The summed E-state index contributed by atoms with van der Waals surface area (Å²) >= 11 is 1.20. The molecular formula is C13H19N5O2S2. The highest BCUT2D eigenvalue weighted by Gasteiger charge is 2.25. The highest BCUT2D eigenvalue weighted by atomic mass is 32.3. The summed E-state index contributed by atoms with van der Waals surface area (Å²) < 4.78 is 28.2. The summed E-state index contributed by atoms with van der Waals surface area (Å²) in [6, 6.07) is 1.93. The minimum Gasteiger partial charge on any atom is -0.259 e. The van der Waals surface area contributed by atoms with Crippen LogP contribution in [0.25, 0.3) is 5.78 Å². The number of rotatable bonds is 4. The third-order valence-corrected chi connectivity index (χ3v) is 7.05. The molecule has 0 unspecified atom stereocenters. The number of aromatic nitrogens is 4. The number of sulfonamides is 1. The fraction of sp³-hybridized carbons (Fsp3) is 0.615. The largest absolute Gasteiger partial charge is 0.259 e. The van der Waals surface area contributed by atoms with Gasteiger partial charge in [0.1, 0.15) is 5.08 Å². The molecule has 0 N–H and O–H groups in total. The fourth-order valence-electron chi connectivity index (χ4n) is 2.64. The summed E-state index contributed by atoms with van der Waals surface area (Å²) in [6.45, 7) is 5.09. The molecule has 0 amide bonds. The average Bonchev–Trinajstić information content (AvgIpc) is 2.89. The molecule has 1 fully saturated rings. The molecule has 120 valence electrons. The van der Waals surface area contributed by atoms with Gasteiger partial charge in [-0.25, -0.2) is 17.7 Å². The van der Waals surface area contributed by atoms with Gasteiger partial charge in [0.05, 0.1) is 0 Å². The molecule has 7 nitrogen and oxygen atoms in total. The molecule has 0 radical (unpaired) electrons. The van der Waals surface area contributed by atoms with Gasteiger partial charge in [-0.3, -0.25) is 4.40 Å². The second-order valence-corrected chi connectivity index (χ2v) is 8.77. The van der Waals surface area contributed by atoms with Crippen LogP contribution in [0.3, 0.4) is 0 Å². The predicted octanol–water partition coefficient (Wildman–Crippen LogP) is 1.61. The average molecular weight is 341 g/mol. The van der Waals surface area contributed by atoms with Crippen molar-refractivity contribution in [1.29, 1.82) is 0 Å². The van der Waals surface area contributed by atoms with Crippen LogP contribution in [0, 0.1) is 13.8 Å². The summed E-state index contributed by atoms with van der Waals surface area (Å²) in [5.74, 6) is 0.510. The molecule has 0 aliphatic carbocycles. The SMILES string of the molecule is Cc1cc(C)n2c(SCS(=O)(=O)N3CCCCC3)nnc2n1. The Morgan fingerprint density at radius 2 is 1.91 bits per heavy atom. The number of hydrogen-bond donors (Lipinski definition) is 0. The maximum Gasteiger partial charge on any atom is 0.256 e. The standard InChI is InChI=1S/C13H19N5O2S2/c1-10-8-11(2)18-12(14-10)15-16-13(18)21-9-22(19,20)17-6-4-3-5-7-17/h8H,3-7,9H2,1-2H3. The van der Waals surface area contributed by atoms with Crippen molar-refractivity contribution in [3.63, 3.8) is 0 Å². The topological polar surface area (TPSA) is 80.5 Å². The Hall–Kier alpha value is -1.19. The number of piperidine rings is 1. The van der Waals surface area contributed by atoms with Crippen LogP contribution in [0.5, 0.6) is 0 Å². The molecule has 1 aliphatic heterocycles. The Morgan fingerprint density at radius 3 is 2.64 bits per heavy atom. The lowest BCUT2D eigenvalue weighted by molar-refractivity contribution is 0.348. The number of aryl methyl sites for hydroxylation is 2. The molecule has 2 aromatic heterocycles. The van der Waals surface area contributed by atoms with Crippen molar-refractivity contribution in [2.45, 2.75) is 38.3 Å². The smallest absolute Gasteiger partial charge is 0.256 e. The fourth-order valence-corrected chi connectivity index (χ4v) is 5.52. The van der Waals surface area contributed by atoms with E-state index in [1.807, 2.05) is 19.9 Å². The zero-order valence-corrected chi connectivity index (χ0v) is 14.3. The van der Waals surface area contributed by atoms with Crippen molar-refractivity contribution >= 4 is 27.6 Å². The van der Waals surface area contributed by atoms with Gasteiger partial charge in [-0.2, -0.15) is 0 Å². The molecule has 0 bridgehead atoms. The minimum absolute atomic E-state index is 0.0128. The van der Waals surface area contributed by atoms with E-state index in [4.69, 9.17) is 0 Å². The normalized spacial score (nSPS) is 17.2. The molecular weight excluding hydrogens is 322 g/mol. The zero-order chi connectivity index (χ0) is 15.7. The van der Waals surface area contributed by atoms with E-state index in [2.05, 4.69) is 15.2 Å². The zero-order valence-electron chi connectivity index (χ0n) is 12.7. The number of hydrogen-bond acceptors (Lipinski definition) is 6. The van der Waals surface area contributed by atoms with Crippen molar-refractivity contribution in [3.8, 4) is 0 Å². The molecule has 9 heteroatoms. The number of nitrogens with zero attached hydrogens (tertiary/aromatic N) is 5. The van der Waals surface area contributed by atoms with Crippen molar-refractivity contribution in [2.75, 3.05) is 18.2 Å². The first-order valence-electron chi connectivity index (χ1n) is 7.27. The van der Waals surface area contributed by atoms with E-state index in [1.165, 1.54) is 11.8 Å². The van der Waals surface area contributed by atoms with Crippen molar-refractivity contribution < 1.29 is 8.42 Å². The van der Waals surface area contributed by atoms with Gasteiger partial charge in [0, 0.05) is 24.5 Å². The summed E-state index contributed by atoms with van der Waals surface area (Å²) in [7, 11) is -3.25. The molecule has 0 spiro atoms. The molecule has 3 rings (SSSR count). The van der Waals surface area contributed by atoms with Crippen LogP contribution in [0.1, 0.15) is 30.7 Å². The highest BCUT2D eigenvalue weighted by molar-refractivity contribution is 8.11. The van der Waals surface area contributed by atoms with Gasteiger partial charge >= 0.3 is 0 Å². The highest BCUT2D eigenvalue weighted by Crippen LogP contribution is 2.23. The van der Waals surface area contributed by atoms with E-state index < -0.39 is 10.0 Å². The lowest BCUT2D eigenvalue weighted by Gasteiger charge is -2.25. The van der Waals surface area contributed by atoms with E-state index >= 15 is 0 Å². The second kappa shape index (κ2) is 6.13. The van der Waals surface area contributed by atoms with Gasteiger partial charge in [0.2, 0.25) is 10.0 Å². The van der Waals surface area contributed by atoms with Crippen molar-refractivity contribution in [3.05, 3.63) is 17.5 Å². The molecule has 1 aliphatic rings. The van der Waals surface area contributed by atoms with Gasteiger partial charge < -0.3 is 0 Å². The summed E-state index contributed by atoms with van der Waals surface area (Å²) in [6.07, 6.45) is 3.00. The monoisotopic (exact) mass is 341 g/mol. The van der Waals surface area contributed by atoms with Gasteiger partial charge in [-0.05, 0) is 32.8 Å². The van der Waals surface area contributed by atoms with Crippen LogP contribution in [0.4, 0.5) is 0 Å². The van der Waals surface area contributed by atoms with E-state index in [9.17, 15) is 8.42 Å². The maximum absolute atomic E-state index is 12.4. The van der Waals surface area contributed by atoms with Crippen molar-refractivity contribution in [1.82, 2.24) is 23.9 Å². The van der Waals surface area contributed by atoms with Gasteiger partial charge in [-0.1, -0.05) is 18.2 Å². The first kappa shape index (κ1) is 15.7. The Morgan fingerprint density at radius 1 is 1.18 bits per heavy atom. The quantitative estimate of drug-likeness (QED) is 0.786. The van der Waals surface area contributed by atoms with Crippen LogP contribution < -0.4 is 0 Å². The summed E-state index contributed by atoms with van der Waals surface area (Å²) in [4.78, 5) is 4.31. The molecule has 22 heavy (non-hydrogen) atoms. The first-order chi connectivity index (χ1) is 10.5. The van der Waals surface area contributed by atoms with Crippen molar-refractivity contribution in [2.24, 2.45) is 0 Å². The molecule has 3 heterocycles. The molecule has 0 saturated carbocycles.